The van der Waals surface area contributed by atoms with Crippen molar-refractivity contribution in [2.75, 3.05) is 62.5 Å². The number of rotatable bonds is 9. The first kappa shape index (κ1) is 30.1. The van der Waals surface area contributed by atoms with Crippen molar-refractivity contribution in [2.24, 2.45) is 0 Å². The molecule has 0 aliphatic carbocycles. The fraction of sp³-hybridized carbons (Fsp3) is 0.419. The number of ether oxygens (including phenoxy) is 1. The van der Waals surface area contributed by atoms with Gasteiger partial charge in [-0.25, -0.2) is 4.98 Å². The molecule has 5 rings (SSSR count). The predicted octanol–water partition coefficient (Wildman–Crippen LogP) is 4.10. The van der Waals surface area contributed by atoms with Gasteiger partial charge in [0.2, 0.25) is 5.95 Å². The van der Waals surface area contributed by atoms with E-state index < -0.39 is 18.4 Å². The van der Waals surface area contributed by atoms with Crippen LogP contribution in [0.25, 0.3) is 0 Å². The predicted molar refractivity (Wildman–Crippen MR) is 162 cm³/mol. The van der Waals surface area contributed by atoms with Gasteiger partial charge in [-0.15, -0.1) is 0 Å². The van der Waals surface area contributed by atoms with Gasteiger partial charge >= 0.3 is 5.92 Å². The van der Waals surface area contributed by atoms with Crippen LogP contribution in [0.2, 0.25) is 0 Å². The van der Waals surface area contributed by atoms with Gasteiger partial charge in [0.25, 0.3) is 11.8 Å². The molecule has 2 amide bonds. The molecule has 10 nitrogen and oxygen atoms in total. The molecule has 0 radical (unpaired) electrons. The maximum absolute atomic E-state index is 14.9. The third-order valence-corrected chi connectivity index (χ3v) is 7.92. The van der Waals surface area contributed by atoms with Crippen molar-refractivity contribution in [1.29, 1.82) is 0 Å². The minimum Gasteiger partial charge on any atom is -0.495 e. The Morgan fingerprint density at radius 1 is 1.12 bits per heavy atom. The summed E-state index contributed by atoms with van der Waals surface area (Å²) >= 11 is 0. The second kappa shape index (κ2) is 12.9. The number of benzene rings is 2. The molecule has 0 saturated carbocycles. The van der Waals surface area contributed by atoms with E-state index in [2.05, 4.69) is 32.5 Å². The van der Waals surface area contributed by atoms with Crippen molar-refractivity contribution in [3.05, 3.63) is 65.9 Å². The Hall–Kier alpha value is -4.32. The Morgan fingerprint density at radius 3 is 2.58 bits per heavy atom. The van der Waals surface area contributed by atoms with Crippen LogP contribution in [0.1, 0.15) is 35.2 Å². The lowest BCUT2D eigenvalue weighted by atomic mass is 10.0. The second-order valence-electron chi connectivity index (χ2n) is 11.1. The van der Waals surface area contributed by atoms with Crippen molar-refractivity contribution in [3.63, 3.8) is 0 Å². The van der Waals surface area contributed by atoms with Crippen LogP contribution in [-0.2, 0) is 11.2 Å². The molecule has 228 valence electrons. The number of nitrogens with one attached hydrogen (secondary N) is 2. The van der Waals surface area contributed by atoms with E-state index in [1.165, 1.54) is 25.3 Å². The number of halogens is 2. The average Bonchev–Trinajstić information content (AvgIpc) is 3.07. The summed E-state index contributed by atoms with van der Waals surface area (Å²) in [6.45, 7) is 1.34. The lowest BCUT2D eigenvalue weighted by Crippen LogP contribution is -2.46. The number of carbonyl (C=O) groups is 2. The first-order valence-electron chi connectivity index (χ1n) is 14.4. The fourth-order valence-electron chi connectivity index (χ4n) is 5.41. The number of aromatic nitrogens is 2. The molecule has 2 aliphatic heterocycles. The van der Waals surface area contributed by atoms with Gasteiger partial charge in [0.1, 0.15) is 11.4 Å². The standard InChI is InChI=1S/C31H37F2N7O3/c1-38-16-13-23(14-17-38)35-28(41)22-11-12-24(26(18-22)43-3)36-30-34-19-25-27(37-30)40(20-31(32,33)29(42)39(25)2)15-7-10-21-8-5-4-6-9-21/h4-6,8-9,11-12,18-19,23H,7,10,13-17,20H2,1-3H3,(H,35,41)(H,34,36,37). The number of nitrogens with zero attached hydrogens (tertiary/aromatic N) is 5. The highest BCUT2D eigenvalue weighted by atomic mass is 19.3. The molecule has 43 heavy (non-hydrogen) atoms. The number of hydrogen-bond donors (Lipinski definition) is 2. The molecule has 1 fully saturated rings. The van der Waals surface area contributed by atoms with Crippen LogP contribution in [-0.4, -0.2) is 86.0 Å². The third kappa shape index (κ3) is 7.02. The van der Waals surface area contributed by atoms with Crippen LogP contribution < -0.4 is 25.2 Å². The van der Waals surface area contributed by atoms with E-state index in [1.54, 1.807) is 18.2 Å². The van der Waals surface area contributed by atoms with Gasteiger partial charge in [-0.1, -0.05) is 30.3 Å². The second-order valence-corrected chi connectivity index (χ2v) is 11.1. The summed E-state index contributed by atoms with van der Waals surface area (Å²) in [4.78, 5) is 39.0. The number of anilines is 4. The summed E-state index contributed by atoms with van der Waals surface area (Å²) in [6.07, 6.45) is 4.42. The van der Waals surface area contributed by atoms with Crippen LogP contribution in [0.5, 0.6) is 5.75 Å². The zero-order valence-electron chi connectivity index (χ0n) is 24.6. The Bertz CT molecular complexity index is 1450. The molecule has 12 heteroatoms. The highest BCUT2D eigenvalue weighted by Gasteiger charge is 2.47. The molecule has 2 aliphatic rings. The molecule has 3 heterocycles. The molecule has 0 bridgehead atoms. The molecule has 0 unspecified atom stereocenters. The van der Waals surface area contributed by atoms with E-state index in [9.17, 15) is 18.4 Å². The molecular formula is C31H37F2N7O3. The van der Waals surface area contributed by atoms with E-state index >= 15 is 0 Å². The molecule has 1 saturated heterocycles. The number of piperidine rings is 1. The number of likely N-dealkylation sites (tertiary alicyclic amines) is 1. The summed E-state index contributed by atoms with van der Waals surface area (Å²) < 4.78 is 35.4. The summed E-state index contributed by atoms with van der Waals surface area (Å²) in [6, 6.07) is 14.9. The van der Waals surface area contributed by atoms with E-state index in [0.29, 0.717) is 29.8 Å². The van der Waals surface area contributed by atoms with Gasteiger partial charge < -0.3 is 30.1 Å². The van der Waals surface area contributed by atoms with Crippen molar-refractivity contribution in [2.45, 2.75) is 37.6 Å². The van der Waals surface area contributed by atoms with Crippen molar-refractivity contribution < 1.29 is 23.1 Å². The van der Waals surface area contributed by atoms with Gasteiger partial charge in [0.15, 0.2) is 5.82 Å². The first-order chi connectivity index (χ1) is 20.6. The summed E-state index contributed by atoms with van der Waals surface area (Å²) in [5, 5.41) is 6.19. The lowest BCUT2D eigenvalue weighted by Gasteiger charge is -2.29. The number of fused-ring (bicyclic) bond motifs is 1. The number of hydrogen-bond acceptors (Lipinski definition) is 8. The highest BCUT2D eigenvalue weighted by Crippen LogP contribution is 2.36. The summed E-state index contributed by atoms with van der Waals surface area (Å²) in [5.74, 6) is -4.32. The number of carbonyl (C=O) groups excluding carboxylic acids is 2. The molecule has 0 spiro atoms. The number of aryl methyl sites for hydroxylation is 1. The molecule has 0 atom stereocenters. The zero-order chi connectivity index (χ0) is 30.6. The minimum absolute atomic E-state index is 0.119. The first-order valence-corrected chi connectivity index (χ1v) is 14.4. The maximum Gasteiger partial charge on any atom is 0.342 e. The van der Waals surface area contributed by atoms with Gasteiger partial charge in [-0.2, -0.15) is 13.8 Å². The third-order valence-electron chi connectivity index (χ3n) is 7.92. The van der Waals surface area contributed by atoms with E-state index in [4.69, 9.17) is 4.74 Å². The zero-order valence-corrected chi connectivity index (χ0v) is 24.6. The Balaban J connectivity index is 1.35. The number of alkyl halides is 2. The van der Waals surface area contributed by atoms with E-state index in [0.717, 1.165) is 36.4 Å². The maximum atomic E-state index is 14.9. The van der Waals surface area contributed by atoms with E-state index in [1.807, 2.05) is 30.3 Å². The Kier molecular flexibility index (Phi) is 9.05. The van der Waals surface area contributed by atoms with Crippen molar-refractivity contribution >= 4 is 35.0 Å². The van der Waals surface area contributed by atoms with Crippen molar-refractivity contribution in [3.8, 4) is 5.75 Å². The average molecular weight is 594 g/mol. The van der Waals surface area contributed by atoms with E-state index in [-0.39, 0.29) is 35.9 Å². The molecular weight excluding hydrogens is 556 g/mol. The largest absolute Gasteiger partial charge is 0.495 e. The Labute approximate surface area is 250 Å². The van der Waals surface area contributed by atoms with Gasteiger partial charge in [0, 0.05) is 25.2 Å². The van der Waals surface area contributed by atoms with Crippen LogP contribution in [0.4, 0.5) is 31.9 Å². The lowest BCUT2D eigenvalue weighted by molar-refractivity contribution is -0.140. The fourth-order valence-corrected chi connectivity index (χ4v) is 5.41. The van der Waals surface area contributed by atoms with Crippen molar-refractivity contribution in [1.82, 2.24) is 20.2 Å². The van der Waals surface area contributed by atoms with Crippen LogP contribution in [0.15, 0.2) is 54.7 Å². The van der Waals surface area contributed by atoms with Crippen LogP contribution >= 0.6 is 0 Å². The topological polar surface area (TPSA) is 103 Å². The van der Waals surface area contributed by atoms with Crippen LogP contribution in [0.3, 0.4) is 0 Å². The smallest absolute Gasteiger partial charge is 0.342 e. The number of amides is 2. The van der Waals surface area contributed by atoms with Gasteiger partial charge in [0.05, 0.1) is 25.5 Å². The van der Waals surface area contributed by atoms with Gasteiger partial charge in [-0.05, 0) is 69.6 Å². The highest BCUT2D eigenvalue weighted by molar-refractivity contribution is 6.02. The normalized spacial score (nSPS) is 17.3. The minimum atomic E-state index is -3.59. The molecule has 3 aromatic rings. The summed E-state index contributed by atoms with van der Waals surface area (Å²) in [7, 11) is 4.87. The monoisotopic (exact) mass is 593 g/mol. The van der Waals surface area contributed by atoms with Crippen LogP contribution in [0, 0.1) is 0 Å². The number of methoxy groups -OCH3 is 1. The molecule has 1 aromatic heterocycles. The molecule has 2 aromatic carbocycles. The van der Waals surface area contributed by atoms with Gasteiger partial charge in [-0.3, -0.25) is 9.59 Å². The SMILES string of the molecule is COc1cc(C(=O)NC2CCN(C)CC2)ccc1Nc1ncc2c(n1)N(CCCc1ccccc1)CC(F)(F)C(=O)N2C. The summed E-state index contributed by atoms with van der Waals surface area (Å²) in [5.41, 5.74) is 2.24. The molecule has 2 N–H and O–H groups in total. The quantitative estimate of drug-likeness (QED) is 0.383. The Morgan fingerprint density at radius 2 is 1.86 bits per heavy atom.